The number of likely N-dealkylation sites (tertiary alicyclic amines) is 1. The molecule has 13 heteroatoms. The highest BCUT2D eigenvalue weighted by Crippen LogP contribution is 2.29. The molecule has 3 rings (SSSR count). The summed E-state index contributed by atoms with van der Waals surface area (Å²) in [5.41, 5.74) is 0.322. The quantitative estimate of drug-likeness (QED) is 0.743. The van der Waals surface area contributed by atoms with Gasteiger partial charge in [0.25, 0.3) is 11.6 Å². The predicted molar refractivity (Wildman–Crippen MR) is 80.0 cm³/mol. The van der Waals surface area contributed by atoms with Crippen molar-refractivity contribution < 1.29 is 31.1 Å². The van der Waals surface area contributed by atoms with Gasteiger partial charge in [-0.1, -0.05) is 0 Å². The van der Waals surface area contributed by atoms with Crippen molar-refractivity contribution in [2.45, 2.75) is 31.7 Å². The summed E-state index contributed by atoms with van der Waals surface area (Å²) in [7, 11) is 1.41. The lowest BCUT2D eigenvalue weighted by Gasteiger charge is -2.26. The smallest absolute Gasteiger partial charge is 0.347 e. The lowest BCUT2D eigenvalue weighted by Crippen LogP contribution is -2.43. The first kappa shape index (κ1) is 19.2. The summed E-state index contributed by atoms with van der Waals surface area (Å²) in [6.07, 6.45) is -9.23. The van der Waals surface area contributed by atoms with E-state index in [0.717, 1.165) is 4.52 Å². The number of amides is 1. The topological polar surface area (TPSA) is 66.6 Å². The molecule has 0 bridgehead atoms. The van der Waals surface area contributed by atoms with Crippen LogP contribution in [0.4, 0.5) is 32.2 Å². The average Bonchev–Trinajstić information content (AvgIpc) is 3.08. The summed E-state index contributed by atoms with van der Waals surface area (Å²) in [5, 5.41) is 3.39. The monoisotopic (exact) mass is 396 g/mol. The zero-order valence-electron chi connectivity index (χ0n) is 14.1. The first-order valence-corrected chi connectivity index (χ1v) is 7.77. The summed E-state index contributed by atoms with van der Waals surface area (Å²) in [6.45, 7) is 0.0416. The van der Waals surface area contributed by atoms with E-state index in [9.17, 15) is 31.1 Å². The zero-order chi connectivity index (χ0) is 20.1. The molecule has 1 atom stereocenters. The van der Waals surface area contributed by atoms with E-state index >= 15 is 0 Å². The highest BCUT2D eigenvalue weighted by molar-refractivity contribution is 5.87. The maximum atomic E-state index is 12.9. The van der Waals surface area contributed by atoms with Crippen LogP contribution in [0.25, 0.3) is 5.78 Å². The Morgan fingerprint density at radius 2 is 1.89 bits per heavy atom. The third-order valence-corrected chi connectivity index (χ3v) is 4.14. The Morgan fingerprint density at radius 3 is 2.48 bits per heavy atom. The minimum Gasteiger partial charge on any atom is -0.347 e. The molecule has 2 aromatic rings. The van der Waals surface area contributed by atoms with Gasteiger partial charge in [-0.2, -0.15) is 35.8 Å². The van der Waals surface area contributed by atoms with Gasteiger partial charge in [-0.3, -0.25) is 4.79 Å². The number of hydrogen-bond donors (Lipinski definition) is 0. The molecule has 0 spiro atoms. The highest BCUT2D eigenvalue weighted by Gasteiger charge is 2.42. The van der Waals surface area contributed by atoms with Crippen molar-refractivity contribution >= 4 is 17.5 Å². The van der Waals surface area contributed by atoms with Gasteiger partial charge in [-0.05, 0) is 13.3 Å². The Bertz CT molecular complexity index is 875. The normalized spacial score (nSPS) is 18.6. The van der Waals surface area contributed by atoms with Crippen LogP contribution in [-0.2, 0) is 11.0 Å². The van der Waals surface area contributed by atoms with Crippen molar-refractivity contribution in [2.24, 2.45) is 0 Å². The molecule has 0 radical (unpaired) electrons. The lowest BCUT2D eigenvalue weighted by molar-refractivity contribution is -0.157. The number of carbonyl (C=O) groups excluding carboxylic acids is 1. The first-order chi connectivity index (χ1) is 12.4. The summed E-state index contributed by atoms with van der Waals surface area (Å²) in [6, 6.07) is 0.428. The minimum atomic E-state index is -4.79. The number of halogens is 6. The summed E-state index contributed by atoms with van der Waals surface area (Å²) >= 11 is 0. The van der Waals surface area contributed by atoms with E-state index in [-0.39, 0.29) is 24.6 Å². The van der Waals surface area contributed by atoms with Crippen LogP contribution in [-0.4, -0.2) is 62.7 Å². The number of aryl methyl sites for hydroxylation is 1. The molecule has 2 aromatic heterocycles. The van der Waals surface area contributed by atoms with Gasteiger partial charge in [0, 0.05) is 25.4 Å². The Balaban J connectivity index is 1.95. The van der Waals surface area contributed by atoms with Gasteiger partial charge in [0.05, 0.1) is 0 Å². The highest BCUT2D eigenvalue weighted by atomic mass is 19.4. The van der Waals surface area contributed by atoms with Crippen molar-refractivity contribution in [2.75, 3.05) is 25.0 Å². The predicted octanol–water partition coefficient (Wildman–Crippen LogP) is 2.05. The van der Waals surface area contributed by atoms with Gasteiger partial charge in [0.15, 0.2) is 0 Å². The first-order valence-electron chi connectivity index (χ1n) is 7.77. The molecule has 1 amide bonds. The molecular formula is C14H14F6N6O. The van der Waals surface area contributed by atoms with E-state index in [1.54, 1.807) is 0 Å². The lowest BCUT2D eigenvalue weighted by atomic mass is 10.2. The third-order valence-electron chi connectivity index (χ3n) is 4.14. The number of hydrogen-bond acceptors (Lipinski definition) is 5. The zero-order valence-corrected chi connectivity index (χ0v) is 14.1. The number of likely N-dealkylation sites (N-methyl/N-ethyl adjacent to an activating group) is 1. The molecule has 0 aliphatic carbocycles. The maximum absolute atomic E-state index is 12.9. The molecule has 1 fully saturated rings. The fraction of sp³-hybridized carbons (Fsp3) is 0.571. The molecule has 0 aromatic carbocycles. The third kappa shape index (κ3) is 3.76. The molecular weight excluding hydrogens is 382 g/mol. The van der Waals surface area contributed by atoms with E-state index < -0.39 is 36.7 Å². The average molecular weight is 396 g/mol. The number of aromatic nitrogens is 4. The Morgan fingerprint density at radius 1 is 1.22 bits per heavy atom. The van der Waals surface area contributed by atoms with Crippen LogP contribution in [0, 0.1) is 6.92 Å². The van der Waals surface area contributed by atoms with Crippen LogP contribution < -0.4 is 4.90 Å². The van der Waals surface area contributed by atoms with Crippen molar-refractivity contribution in [3.63, 3.8) is 0 Å². The SMILES string of the molecule is Cc1cc(N(C)C2CCN(CC(F)(F)F)C2=O)n2nc(C(F)(F)F)nc2n1. The van der Waals surface area contributed by atoms with E-state index in [1.807, 2.05) is 0 Å². The van der Waals surface area contributed by atoms with Crippen LogP contribution in [0.15, 0.2) is 6.07 Å². The second-order valence-electron chi connectivity index (χ2n) is 6.19. The fourth-order valence-corrected chi connectivity index (χ4v) is 2.95. The molecule has 0 saturated carbocycles. The van der Waals surface area contributed by atoms with Crippen LogP contribution in [0.1, 0.15) is 17.9 Å². The van der Waals surface area contributed by atoms with Crippen LogP contribution >= 0.6 is 0 Å². The van der Waals surface area contributed by atoms with E-state index in [1.165, 1.54) is 24.9 Å². The fourth-order valence-electron chi connectivity index (χ4n) is 2.95. The van der Waals surface area contributed by atoms with Crippen LogP contribution in [0.2, 0.25) is 0 Å². The molecule has 7 nitrogen and oxygen atoms in total. The largest absolute Gasteiger partial charge is 0.453 e. The second kappa shape index (κ2) is 6.23. The summed E-state index contributed by atoms with van der Waals surface area (Å²) in [4.78, 5) is 21.5. The summed E-state index contributed by atoms with van der Waals surface area (Å²) < 4.78 is 77.2. The van der Waals surface area contributed by atoms with Crippen molar-refractivity contribution in [1.29, 1.82) is 0 Å². The van der Waals surface area contributed by atoms with Gasteiger partial charge in [0.2, 0.25) is 5.91 Å². The molecule has 1 aliphatic heterocycles. The van der Waals surface area contributed by atoms with E-state index in [2.05, 4.69) is 15.1 Å². The van der Waals surface area contributed by atoms with Gasteiger partial charge >= 0.3 is 12.4 Å². The molecule has 3 heterocycles. The van der Waals surface area contributed by atoms with Crippen LogP contribution in [0.5, 0.6) is 0 Å². The minimum absolute atomic E-state index is 0.0766. The molecule has 27 heavy (non-hydrogen) atoms. The Labute approximate surface area is 148 Å². The number of anilines is 1. The second-order valence-corrected chi connectivity index (χ2v) is 6.19. The molecule has 148 valence electrons. The van der Waals surface area contributed by atoms with Crippen LogP contribution in [0.3, 0.4) is 0 Å². The number of fused-ring (bicyclic) bond motifs is 1. The van der Waals surface area contributed by atoms with Gasteiger partial charge in [0.1, 0.15) is 18.4 Å². The van der Waals surface area contributed by atoms with E-state index in [4.69, 9.17) is 0 Å². The van der Waals surface area contributed by atoms with E-state index in [0.29, 0.717) is 10.6 Å². The number of rotatable bonds is 3. The standard InChI is InChI=1S/C14H14F6N6O/c1-7-5-9(26-12(21-7)22-11(23-26)14(18,19)20)24(2)8-3-4-25(10(8)27)6-13(15,16)17/h5,8H,3-4,6H2,1-2H3. The maximum Gasteiger partial charge on any atom is 0.453 e. The Kier molecular flexibility index (Phi) is 4.43. The molecule has 1 saturated heterocycles. The van der Waals surface area contributed by atoms with Gasteiger partial charge in [-0.25, -0.2) is 4.98 Å². The van der Waals surface area contributed by atoms with Gasteiger partial charge in [-0.15, -0.1) is 5.10 Å². The molecule has 1 unspecified atom stereocenters. The number of alkyl halides is 6. The van der Waals surface area contributed by atoms with Crippen molar-refractivity contribution in [1.82, 2.24) is 24.5 Å². The number of nitrogens with zero attached hydrogens (tertiary/aromatic N) is 6. The number of carbonyl (C=O) groups is 1. The van der Waals surface area contributed by atoms with Gasteiger partial charge < -0.3 is 9.80 Å². The molecule has 0 N–H and O–H groups in total. The Hall–Kier alpha value is -2.60. The van der Waals surface area contributed by atoms with Crippen molar-refractivity contribution in [3.05, 3.63) is 17.6 Å². The summed E-state index contributed by atoms with van der Waals surface area (Å²) in [5.74, 6) is -2.39. The van der Waals surface area contributed by atoms with Crippen molar-refractivity contribution in [3.8, 4) is 0 Å². The molecule has 1 aliphatic rings.